The van der Waals surface area contributed by atoms with Crippen molar-refractivity contribution in [1.82, 2.24) is 9.78 Å². The third-order valence-corrected chi connectivity index (χ3v) is 2.37. The number of H-pyrrole nitrogens is 1. The van der Waals surface area contributed by atoms with E-state index in [1.54, 1.807) is 6.92 Å². The Morgan fingerprint density at radius 3 is 2.39 bits per heavy atom. The SMILES string of the molecule is Cc1cc(=O)n(-c2cc(N)cc(C(F)(F)F)c2)[nH]1. The minimum atomic E-state index is -4.50. The van der Waals surface area contributed by atoms with Crippen molar-refractivity contribution in [2.75, 3.05) is 5.73 Å². The van der Waals surface area contributed by atoms with E-state index < -0.39 is 17.3 Å². The van der Waals surface area contributed by atoms with Crippen LogP contribution < -0.4 is 11.3 Å². The number of nitrogens with zero attached hydrogens (tertiary/aromatic N) is 1. The summed E-state index contributed by atoms with van der Waals surface area (Å²) >= 11 is 0. The van der Waals surface area contributed by atoms with E-state index >= 15 is 0 Å². The molecule has 0 saturated heterocycles. The second-order valence-electron chi connectivity index (χ2n) is 3.92. The molecule has 3 N–H and O–H groups in total. The van der Waals surface area contributed by atoms with Crippen LogP contribution in [0.5, 0.6) is 0 Å². The van der Waals surface area contributed by atoms with Gasteiger partial charge in [-0.25, -0.2) is 4.68 Å². The molecule has 96 valence electrons. The largest absolute Gasteiger partial charge is 0.416 e. The predicted octanol–water partition coefficient (Wildman–Crippen LogP) is 2.08. The standard InChI is InChI=1S/C11H10F3N3O/c1-6-2-10(18)17(16-6)9-4-7(11(12,13)14)3-8(15)5-9/h2-5,16H,15H2,1H3. The molecule has 1 aromatic carbocycles. The Balaban J connectivity index is 2.62. The quantitative estimate of drug-likeness (QED) is 0.768. The molecule has 0 atom stereocenters. The molecular weight excluding hydrogens is 247 g/mol. The summed E-state index contributed by atoms with van der Waals surface area (Å²) in [5.41, 5.74) is 4.64. The summed E-state index contributed by atoms with van der Waals surface area (Å²) in [6.45, 7) is 1.63. The molecule has 0 fully saturated rings. The molecule has 0 aliphatic carbocycles. The van der Waals surface area contributed by atoms with Crippen LogP contribution in [0, 0.1) is 6.92 Å². The van der Waals surface area contributed by atoms with Crippen LogP contribution >= 0.6 is 0 Å². The number of nitrogen functional groups attached to an aromatic ring is 1. The van der Waals surface area contributed by atoms with E-state index in [0.717, 1.165) is 16.8 Å². The van der Waals surface area contributed by atoms with Gasteiger partial charge in [0, 0.05) is 17.4 Å². The van der Waals surface area contributed by atoms with Gasteiger partial charge in [-0.15, -0.1) is 0 Å². The zero-order valence-electron chi connectivity index (χ0n) is 9.38. The maximum Gasteiger partial charge on any atom is 0.416 e. The van der Waals surface area contributed by atoms with Gasteiger partial charge < -0.3 is 5.73 Å². The van der Waals surface area contributed by atoms with E-state index in [0.29, 0.717) is 5.69 Å². The van der Waals surface area contributed by atoms with Crippen LogP contribution in [0.15, 0.2) is 29.1 Å². The molecule has 0 amide bonds. The van der Waals surface area contributed by atoms with Gasteiger partial charge in [-0.1, -0.05) is 0 Å². The van der Waals surface area contributed by atoms with Gasteiger partial charge in [-0.3, -0.25) is 9.89 Å². The number of aromatic amines is 1. The Hall–Kier alpha value is -2.18. The molecule has 7 heteroatoms. The molecule has 0 aliphatic rings. The van der Waals surface area contributed by atoms with Gasteiger partial charge in [0.2, 0.25) is 0 Å². The lowest BCUT2D eigenvalue weighted by Crippen LogP contribution is -2.15. The van der Waals surface area contributed by atoms with Gasteiger partial charge in [-0.05, 0) is 25.1 Å². The van der Waals surface area contributed by atoms with Crippen molar-refractivity contribution in [3.63, 3.8) is 0 Å². The summed E-state index contributed by atoms with van der Waals surface area (Å²) in [4.78, 5) is 11.5. The Morgan fingerprint density at radius 2 is 1.89 bits per heavy atom. The number of rotatable bonds is 1. The Labute approximate surface area is 99.8 Å². The molecule has 1 heterocycles. The summed E-state index contributed by atoms with van der Waals surface area (Å²) < 4.78 is 38.9. The Kier molecular flexibility index (Phi) is 2.68. The van der Waals surface area contributed by atoms with Crippen LogP contribution in [0.25, 0.3) is 5.69 Å². The fourth-order valence-electron chi connectivity index (χ4n) is 1.63. The summed E-state index contributed by atoms with van der Waals surface area (Å²) in [7, 11) is 0. The number of alkyl halides is 3. The minimum Gasteiger partial charge on any atom is -0.399 e. The third kappa shape index (κ3) is 2.24. The zero-order valence-corrected chi connectivity index (χ0v) is 9.38. The molecule has 0 spiro atoms. The van der Waals surface area contributed by atoms with Gasteiger partial charge in [0.15, 0.2) is 0 Å². The van der Waals surface area contributed by atoms with Crippen LogP contribution in [0.1, 0.15) is 11.3 Å². The van der Waals surface area contributed by atoms with Crippen molar-refractivity contribution in [2.45, 2.75) is 13.1 Å². The summed E-state index contributed by atoms with van der Waals surface area (Å²) in [5.74, 6) is 0. The second-order valence-corrected chi connectivity index (χ2v) is 3.92. The lowest BCUT2D eigenvalue weighted by atomic mass is 10.1. The van der Waals surface area contributed by atoms with Crippen LogP contribution in [0.4, 0.5) is 18.9 Å². The normalized spacial score (nSPS) is 11.8. The van der Waals surface area contributed by atoms with Crippen molar-refractivity contribution in [3.05, 3.63) is 45.9 Å². The number of nitrogens with two attached hydrogens (primary N) is 1. The first kappa shape index (κ1) is 12.3. The number of aromatic nitrogens is 2. The third-order valence-electron chi connectivity index (χ3n) is 2.37. The fraction of sp³-hybridized carbons (Fsp3) is 0.182. The molecule has 0 radical (unpaired) electrons. The summed E-state index contributed by atoms with van der Waals surface area (Å²) in [5, 5.41) is 2.65. The van der Waals surface area contributed by atoms with Crippen LogP contribution in [0.2, 0.25) is 0 Å². The molecule has 0 bridgehead atoms. The van der Waals surface area contributed by atoms with Crippen LogP contribution in [-0.2, 0) is 6.18 Å². The van der Waals surface area contributed by atoms with Crippen LogP contribution in [0.3, 0.4) is 0 Å². The molecule has 2 aromatic rings. The average molecular weight is 257 g/mol. The first-order valence-corrected chi connectivity index (χ1v) is 5.04. The molecule has 1 aromatic heterocycles. The molecule has 0 saturated carbocycles. The number of halogens is 3. The number of aryl methyl sites for hydroxylation is 1. The number of benzene rings is 1. The number of hydrogen-bond acceptors (Lipinski definition) is 2. The molecule has 0 unspecified atom stereocenters. The monoisotopic (exact) mass is 257 g/mol. The highest BCUT2D eigenvalue weighted by Crippen LogP contribution is 2.31. The van der Waals surface area contributed by atoms with Crippen molar-refractivity contribution in [1.29, 1.82) is 0 Å². The molecule has 0 aliphatic heterocycles. The molecule has 4 nitrogen and oxygen atoms in total. The maximum absolute atomic E-state index is 12.6. The van der Waals surface area contributed by atoms with Crippen LogP contribution in [-0.4, -0.2) is 9.78 Å². The van der Waals surface area contributed by atoms with Gasteiger partial charge in [0.1, 0.15) is 0 Å². The Morgan fingerprint density at radius 1 is 1.22 bits per heavy atom. The topological polar surface area (TPSA) is 63.8 Å². The van der Waals surface area contributed by atoms with Gasteiger partial charge in [0.25, 0.3) is 5.56 Å². The molecule has 2 rings (SSSR count). The summed E-state index contributed by atoms with van der Waals surface area (Å²) in [6, 6.07) is 4.28. The highest BCUT2D eigenvalue weighted by atomic mass is 19.4. The van der Waals surface area contributed by atoms with Crippen molar-refractivity contribution >= 4 is 5.69 Å². The lowest BCUT2D eigenvalue weighted by Gasteiger charge is -2.10. The second kappa shape index (κ2) is 3.94. The number of hydrogen-bond donors (Lipinski definition) is 2. The predicted molar refractivity (Wildman–Crippen MR) is 60.5 cm³/mol. The summed E-state index contributed by atoms with van der Waals surface area (Å²) in [6.07, 6.45) is -4.50. The van der Waals surface area contributed by atoms with Gasteiger partial charge in [0.05, 0.1) is 11.3 Å². The highest BCUT2D eigenvalue weighted by Gasteiger charge is 2.31. The van der Waals surface area contributed by atoms with E-state index in [1.165, 1.54) is 12.1 Å². The van der Waals surface area contributed by atoms with Gasteiger partial charge in [-0.2, -0.15) is 13.2 Å². The number of anilines is 1. The van der Waals surface area contributed by atoms with Crippen molar-refractivity contribution in [2.24, 2.45) is 0 Å². The molecular formula is C11H10F3N3O. The van der Waals surface area contributed by atoms with E-state index in [1.807, 2.05) is 0 Å². The minimum absolute atomic E-state index is 0.0559. The number of nitrogens with one attached hydrogen (secondary N) is 1. The van der Waals surface area contributed by atoms with E-state index in [9.17, 15) is 18.0 Å². The van der Waals surface area contributed by atoms with E-state index in [-0.39, 0.29) is 11.4 Å². The van der Waals surface area contributed by atoms with Gasteiger partial charge >= 0.3 is 6.18 Å². The average Bonchev–Trinajstić information content (AvgIpc) is 2.55. The first-order valence-electron chi connectivity index (χ1n) is 5.04. The highest BCUT2D eigenvalue weighted by molar-refractivity contribution is 5.51. The van der Waals surface area contributed by atoms with Crippen molar-refractivity contribution in [3.8, 4) is 5.69 Å². The first-order chi connectivity index (χ1) is 8.27. The zero-order chi connectivity index (χ0) is 13.5. The maximum atomic E-state index is 12.6. The fourth-order valence-corrected chi connectivity index (χ4v) is 1.63. The van der Waals surface area contributed by atoms with E-state index in [4.69, 9.17) is 5.73 Å². The van der Waals surface area contributed by atoms with E-state index in [2.05, 4.69) is 5.10 Å². The Bertz CT molecular complexity index is 640. The van der Waals surface area contributed by atoms with Crippen molar-refractivity contribution < 1.29 is 13.2 Å². The smallest absolute Gasteiger partial charge is 0.399 e. The molecule has 18 heavy (non-hydrogen) atoms. The lowest BCUT2D eigenvalue weighted by molar-refractivity contribution is -0.137.